The van der Waals surface area contributed by atoms with Gasteiger partial charge in [0.2, 0.25) is 17.6 Å². The average Bonchev–Trinajstić information content (AvgIpc) is 3.65. The molecule has 0 bridgehead atoms. The van der Waals surface area contributed by atoms with Gasteiger partial charge in [-0.2, -0.15) is 0 Å². The van der Waals surface area contributed by atoms with E-state index in [9.17, 15) is 9.59 Å². The molecule has 210 valence electrons. The molecule has 0 N–H and O–H groups in total. The number of ether oxygens (including phenoxy) is 3. The van der Waals surface area contributed by atoms with Crippen molar-refractivity contribution in [2.75, 3.05) is 62.0 Å². The predicted molar refractivity (Wildman–Crippen MR) is 152 cm³/mol. The van der Waals surface area contributed by atoms with Gasteiger partial charge in [-0.05, 0) is 36.4 Å². The number of hydrogen-bond acceptors (Lipinski definition) is 8. The third kappa shape index (κ3) is 5.41. The minimum Gasteiger partial charge on any atom is -0.491 e. The molecule has 0 radical (unpaired) electrons. The van der Waals surface area contributed by atoms with Crippen LogP contribution in [0.5, 0.6) is 5.75 Å². The van der Waals surface area contributed by atoms with E-state index in [1.54, 1.807) is 31.4 Å². The summed E-state index contributed by atoms with van der Waals surface area (Å²) in [7, 11) is 1.80. The van der Waals surface area contributed by atoms with Gasteiger partial charge < -0.3 is 33.5 Å². The number of anilines is 2. The molecule has 3 aliphatic rings. The summed E-state index contributed by atoms with van der Waals surface area (Å²) in [5, 5.41) is 0. The molecular weight excluding hydrogens is 530 g/mol. The van der Waals surface area contributed by atoms with Gasteiger partial charge in [0.1, 0.15) is 18.5 Å². The number of carbonyl (C=O) groups is 2. The molecule has 0 aliphatic carbocycles. The zero-order chi connectivity index (χ0) is 27.7. The van der Waals surface area contributed by atoms with E-state index < -0.39 is 5.79 Å². The first-order chi connectivity index (χ1) is 19.4. The lowest BCUT2D eigenvalue weighted by Gasteiger charge is -2.35. The molecule has 40 heavy (non-hydrogen) atoms. The van der Waals surface area contributed by atoms with Crippen molar-refractivity contribution < 1.29 is 23.8 Å². The Morgan fingerprint density at radius 3 is 2.67 bits per heavy atom. The topological polar surface area (TPSA) is 89.4 Å². The van der Waals surface area contributed by atoms with Crippen molar-refractivity contribution >= 4 is 35.0 Å². The van der Waals surface area contributed by atoms with Crippen LogP contribution in [0.15, 0.2) is 66.1 Å². The maximum atomic E-state index is 12.2. The van der Waals surface area contributed by atoms with Crippen LogP contribution in [0, 0.1) is 0 Å². The summed E-state index contributed by atoms with van der Waals surface area (Å²) in [6.45, 7) is 5.91. The molecule has 11 heteroatoms. The zero-order valence-corrected chi connectivity index (χ0v) is 23.5. The molecule has 3 aromatic rings. The van der Waals surface area contributed by atoms with Gasteiger partial charge in [-0.15, -0.1) is 11.8 Å². The highest BCUT2D eigenvalue weighted by atomic mass is 32.2. The van der Waals surface area contributed by atoms with Crippen molar-refractivity contribution in [3.8, 4) is 5.75 Å². The molecule has 3 aliphatic heterocycles. The molecule has 2 amide bonds. The first kappa shape index (κ1) is 26.7. The number of nitrogens with zero attached hydrogens (tertiary/aromatic N) is 5. The SMILES string of the molecule is CC(=O)N1CCN(c2ccc(OC[C@@H]3CO[C@@](Cn4ccnc4)(c4ccc5c(c4)SCC(=O)N5C)O3)cc2)CC1. The maximum absolute atomic E-state index is 12.2. The molecule has 10 nitrogen and oxygen atoms in total. The summed E-state index contributed by atoms with van der Waals surface area (Å²) in [5.41, 5.74) is 2.91. The standard InChI is InChI=1S/C29H33N5O5S/c1-21(35)33-11-13-34(14-12-33)23-4-6-24(7-5-23)37-16-25-17-38-29(39-25,19-32-10-9-30-20-32)22-3-8-26-27(15-22)40-18-28(36)31(26)2/h3-10,15,20,25H,11-14,16-19H2,1-2H3/t25-,29-/m1/s1. The molecule has 4 heterocycles. The molecule has 1 aromatic heterocycles. The number of benzene rings is 2. The fraction of sp³-hybridized carbons (Fsp3) is 0.414. The summed E-state index contributed by atoms with van der Waals surface area (Å²) in [6.07, 6.45) is 5.11. The highest BCUT2D eigenvalue weighted by molar-refractivity contribution is 8.00. The monoisotopic (exact) mass is 563 g/mol. The normalized spacial score (nSPS) is 22.9. The molecule has 2 saturated heterocycles. The Kier molecular flexibility index (Phi) is 7.43. The molecule has 0 spiro atoms. The lowest BCUT2D eigenvalue weighted by Crippen LogP contribution is -2.48. The number of hydrogen-bond donors (Lipinski definition) is 0. The Balaban J connectivity index is 1.12. The second kappa shape index (κ2) is 11.1. The summed E-state index contributed by atoms with van der Waals surface area (Å²) < 4.78 is 21.0. The van der Waals surface area contributed by atoms with Crippen molar-refractivity contribution in [3.63, 3.8) is 0 Å². The van der Waals surface area contributed by atoms with Gasteiger partial charge >= 0.3 is 0 Å². The van der Waals surface area contributed by atoms with Gasteiger partial charge in [0.05, 0.1) is 30.9 Å². The Bertz CT molecular complexity index is 1360. The van der Waals surface area contributed by atoms with Crippen LogP contribution in [-0.4, -0.2) is 84.6 Å². The van der Waals surface area contributed by atoms with Crippen LogP contribution in [0.1, 0.15) is 12.5 Å². The van der Waals surface area contributed by atoms with Gasteiger partial charge in [0.25, 0.3) is 0 Å². The van der Waals surface area contributed by atoms with Crippen LogP contribution < -0.4 is 14.5 Å². The number of carbonyl (C=O) groups excluding carboxylic acids is 2. The summed E-state index contributed by atoms with van der Waals surface area (Å²) >= 11 is 1.53. The van der Waals surface area contributed by atoms with Crippen LogP contribution in [0.3, 0.4) is 0 Å². The van der Waals surface area contributed by atoms with Crippen LogP contribution in [0.25, 0.3) is 0 Å². The fourth-order valence-electron chi connectivity index (χ4n) is 5.33. The third-order valence-corrected chi connectivity index (χ3v) is 8.69. The maximum Gasteiger partial charge on any atom is 0.237 e. The third-order valence-electron chi connectivity index (χ3n) is 7.66. The second-order valence-electron chi connectivity index (χ2n) is 10.3. The molecule has 6 rings (SSSR count). The van der Waals surface area contributed by atoms with Gasteiger partial charge in [0.15, 0.2) is 0 Å². The van der Waals surface area contributed by atoms with Crippen molar-refractivity contribution in [2.45, 2.75) is 30.3 Å². The van der Waals surface area contributed by atoms with Crippen LogP contribution in [0.4, 0.5) is 11.4 Å². The average molecular weight is 564 g/mol. The van der Waals surface area contributed by atoms with Crippen molar-refractivity contribution in [1.82, 2.24) is 14.5 Å². The Labute approximate surface area is 237 Å². The predicted octanol–water partition coefficient (Wildman–Crippen LogP) is 2.97. The number of amides is 2. The highest BCUT2D eigenvalue weighted by Crippen LogP contribution is 2.42. The second-order valence-corrected chi connectivity index (χ2v) is 11.3. The summed E-state index contributed by atoms with van der Waals surface area (Å²) in [4.78, 5) is 34.8. The van der Waals surface area contributed by atoms with Gasteiger partial charge in [-0.25, -0.2) is 4.98 Å². The van der Waals surface area contributed by atoms with Crippen molar-refractivity contribution in [2.24, 2.45) is 0 Å². The number of piperazine rings is 1. The summed E-state index contributed by atoms with van der Waals surface area (Å²) in [5.74, 6) is 0.390. The minimum absolute atomic E-state index is 0.0903. The van der Waals surface area contributed by atoms with E-state index in [0.29, 0.717) is 25.5 Å². The smallest absolute Gasteiger partial charge is 0.237 e. The van der Waals surface area contributed by atoms with E-state index in [1.165, 1.54) is 11.8 Å². The number of aromatic nitrogens is 2. The van der Waals surface area contributed by atoms with E-state index in [-0.39, 0.29) is 17.9 Å². The quantitative estimate of drug-likeness (QED) is 0.434. The summed E-state index contributed by atoms with van der Waals surface area (Å²) in [6, 6.07) is 14.1. The Morgan fingerprint density at radius 1 is 1.15 bits per heavy atom. The van der Waals surface area contributed by atoms with E-state index in [0.717, 1.165) is 53.8 Å². The first-order valence-corrected chi connectivity index (χ1v) is 14.4. The number of imidazole rings is 1. The first-order valence-electron chi connectivity index (χ1n) is 13.4. The fourth-order valence-corrected chi connectivity index (χ4v) is 6.37. The largest absolute Gasteiger partial charge is 0.491 e. The van der Waals surface area contributed by atoms with E-state index in [4.69, 9.17) is 14.2 Å². The molecule has 2 fully saturated rings. The molecular formula is C29H33N5O5S. The highest BCUT2D eigenvalue weighted by Gasteiger charge is 2.44. The lowest BCUT2D eigenvalue weighted by atomic mass is 10.0. The van der Waals surface area contributed by atoms with E-state index in [1.807, 2.05) is 39.9 Å². The molecule has 0 unspecified atom stereocenters. The molecule has 0 saturated carbocycles. The van der Waals surface area contributed by atoms with Crippen molar-refractivity contribution in [1.29, 1.82) is 0 Å². The lowest BCUT2D eigenvalue weighted by molar-refractivity contribution is -0.189. The van der Waals surface area contributed by atoms with Gasteiger partial charge in [0, 0.05) is 68.7 Å². The molecule has 2 aromatic carbocycles. The van der Waals surface area contributed by atoms with Crippen LogP contribution in [0.2, 0.25) is 0 Å². The van der Waals surface area contributed by atoms with E-state index >= 15 is 0 Å². The van der Waals surface area contributed by atoms with Gasteiger partial charge in [-0.3, -0.25) is 9.59 Å². The zero-order valence-electron chi connectivity index (χ0n) is 22.7. The minimum atomic E-state index is -1.00. The van der Waals surface area contributed by atoms with Crippen LogP contribution in [-0.2, 0) is 31.4 Å². The number of fused-ring (bicyclic) bond motifs is 1. The Morgan fingerprint density at radius 2 is 1.95 bits per heavy atom. The van der Waals surface area contributed by atoms with Crippen LogP contribution >= 0.6 is 11.8 Å². The number of rotatable bonds is 7. The number of thioether (sulfide) groups is 1. The van der Waals surface area contributed by atoms with Gasteiger partial charge in [-0.1, -0.05) is 6.07 Å². The van der Waals surface area contributed by atoms with E-state index in [2.05, 4.69) is 28.1 Å². The van der Waals surface area contributed by atoms with Crippen molar-refractivity contribution in [3.05, 3.63) is 66.7 Å². The Hall–Kier alpha value is -3.54. The molecule has 2 atom stereocenters.